The summed E-state index contributed by atoms with van der Waals surface area (Å²) in [6.45, 7) is 0. The summed E-state index contributed by atoms with van der Waals surface area (Å²) in [5.41, 5.74) is 0.491. The number of rotatable bonds is 1. The van der Waals surface area contributed by atoms with Gasteiger partial charge in [0.25, 0.3) is 0 Å². The van der Waals surface area contributed by atoms with Crippen molar-refractivity contribution in [2.75, 3.05) is 12.5 Å². The van der Waals surface area contributed by atoms with Crippen molar-refractivity contribution in [3.8, 4) is 0 Å². The van der Waals surface area contributed by atoms with Gasteiger partial charge in [0.15, 0.2) is 0 Å². The molecule has 4 heteroatoms. The van der Waals surface area contributed by atoms with E-state index < -0.39 is 7.18 Å². The Hall–Kier alpha value is -0.480. The summed E-state index contributed by atoms with van der Waals surface area (Å²) in [4.78, 5) is 11.9. The van der Waals surface area contributed by atoms with E-state index in [-0.39, 0.29) is 10.9 Å². The molecule has 0 radical (unpaired) electrons. The molecule has 0 aliphatic carbocycles. The SMILES string of the molecule is C=S(C)(C)(Br)C(=O)c1ccc(F)cc1. The molecule has 1 aromatic carbocycles. The van der Waals surface area contributed by atoms with Crippen LogP contribution >= 0.6 is 22.0 Å². The van der Waals surface area contributed by atoms with Gasteiger partial charge in [-0.1, -0.05) is 5.87 Å². The van der Waals surface area contributed by atoms with Crippen molar-refractivity contribution >= 4 is 33.0 Å². The molecular weight excluding hydrogens is 267 g/mol. The molecule has 0 fully saturated rings. The topological polar surface area (TPSA) is 17.1 Å². The molecule has 0 aromatic heterocycles. The molecule has 0 spiro atoms. The molecule has 1 nitrogen and oxygen atoms in total. The molecule has 1 rings (SSSR count). The van der Waals surface area contributed by atoms with Crippen LogP contribution in [0.2, 0.25) is 0 Å². The Bertz CT molecular complexity index is 419. The predicted octanol–water partition coefficient (Wildman–Crippen LogP) is 3.31. The van der Waals surface area contributed by atoms with E-state index in [9.17, 15) is 9.18 Å². The van der Waals surface area contributed by atoms with Crippen LogP contribution in [0.15, 0.2) is 24.3 Å². The summed E-state index contributed by atoms with van der Waals surface area (Å²) in [6.07, 6.45) is 3.56. The molecule has 0 aliphatic heterocycles. The Labute approximate surface area is 90.4 Å². The third kappa shape index (κ3) is 2.75. The molecular formula is C10H12BrFOS. The number of hydrogen-bond acceptors (Lipinski definition) is 1. The molecule has 0 heterocycles. The molecule has 78 valence electrons. The van der Waals surface area contributed by atoms with Crippen molar-refractivity contribution < 1.29 is 9.18 Å². The van der Waals surface area contributed by atoms with E-state index in [0.29, 0.717) is 5.56 Å². The van der Waals surface area contributed by atoms with Crippen LogP contribution in [0.3, 0.4) is 0 Å². The van der Waals surface area contributed by atoms with E-state index in [0.717, 1.165) is 0 Å². The fraction of sp³-hybridized carbons (Fsp3) is 0.200. The number of carbonyl (C=O) groups excluding carboxylic acids is 1. The minimum absolute atomic E-state index is 0.0676. The summed E-state index contributed by atoms with van der Waals surface area (Å²) >= 11 is 3.36. The molecule has 1 aromatic rings. The Kier molecular flexibility index (Phi) is 2.71. The maximum Gasteiger partial charge on any atom is 0.206 e. The number of carbonyl (C=O) groups is 1. The quantitative estimate of drug-likeness (QED) is 0.721. The average Bonchev–Trinajstić information content (AvgIpc) is 2.01. The Balaban J connectivity index is 3.16. The van der Waals surface area contributed by atoms with Crippen molar-refractivity contribution in [2.45, 2.75) is 0 Å². The second-order valence-corrected chi connectivity index (χ2v) is 14.5. The van der Waals surface area contributed by atoms with Crippen molar-refractivity contribution in [2.24, 2.45) is 0 Å². The van der Waals surface area contributed by atoms with Gasteiger partial charge < -0.3 is 0 Å². The highest BCUT2D eigenvalue weighted by molar-refractivity contribution is 9.63. The van der Waals surface area contributed by atoms with E-state index in [1.807, 2.05) is 0 Å². The van der Waals surface area contributed by atoms with Crippen molar-refractivity contribution in [3.63, 3.8) is 0 Å². The average molecular weight is 279 g/mol. The molecule has 0 amide bonds. The lowest BCUT2D eigenvalue weighted by molar-refractivity contribution is 0.108. The summed E-state index contributed by atoms with van der Waals surface area (Å²) in [5.74, 6) is 3.54. The smallest absolute Gasteiger partial charge is 0.206 e. The number of benzene rings is 1. The highest BCUT2D eigenvalue weighted by atomic mass is 79.9. The Morgan fingerprint density at radius 2 is 1.79 bits per heavy atom. The van der Waals surface area contributed by atoms with Crippen LogP contribution < -0.4 is 0 Å². The summed E-state index contributed by atoms with van der Waals surface area (Å²) in [5, 5.41) is -0.0676. The van der Waals surface area contributed by atoms with Crippen molar-refractivity contribution in [3.05, 3.63) is 35.6 Å². The van der Waals surface area contributed by atoms with Gasteiger partial charge in [-0.3, -0.25) is 4.79 Å². The monoisotopic (exact) mass is 278 g/mol. The summed E-state index contributed by atoms with van der Waals surface area (Å²) < 4.78 is 12.6. The summed E-state index contributed by atoms with van der Waals surface area (Å²) in [7, 11) is -2.44. The van der Waals surface area contributed by atoms with Gasteiger partial charge in [0.05, 0.1) is 0 Å². The van der Waals surface area contributed by atoms with E-state index in [2.05, 4.69) is 20.7 Å². The zero-order valence-corrected chi connectivity index (χ0v) is 10.5. The molecule has 14 heavy (non-hydrogen) atoms. The minimum atomic E-state index is -2.44. The van der Waals surface area contributed by atoms with Crippen LogP contribution in [0.25, 0.3) is 0 Å². The first-order valence-corrected chi connectivity index (χ1v) is 8.80. The number of halogens is 2. The highest BCUT2D eigenvalue weighted by Crippen LogP contribution is 2.59. The van der Waals surface area contributed by atoms with Crippen molar-refractivity contribution in [1.29, 1.82) is 0 Å². The Morgan fingerprint density at radius 3 is 2.14 bits per heavy atom. The summed E-state index contributed by atoms with van der Waals surface area (Å²) in [6, 6.07) is 5.51. The fourth-order valence-corrected chi connectivity index (χ4v) is 2.37. The predicted molar refractivity (Wildman–Crippen MR) is 66.2 cm³/mol. The van der Waals surface area contributed by atoms with Crippen LogP contribution in [-0.2, 0) is 0 Å². The third-order valence-electron chi connectivity index (χ3n) is 1.65. The highest BCUT2D eigenvalue weighted by Gasteiger charge is 2.25. The van der Waals surface area contributed by atoms with Gasteiger partial charge in [-0.15, -0.1) is 7.18 Å². The largest absolute Gasteiger partial charge is 0.283 e. The number of hydrogen-bond donors (Lipinski definition) is 0. The van der Waals surface area contributed by atoms with Crippen LogP contribution in [0.1, 0.15) is 10.4 Å². The fourth-order valence-electron chi connectivity index (χ4n) is 0.950. The van der Waals surface area contributed by atoms with E-state index in [1.54, 1.807) is 12.5 Å². The van der Waals surface area contributed by atoms with E-state index in [1.165, 1.54) is 24.3 Å². The first-order valence-electron chi connectivity index (χ1n) is 3.93. The maximum absolute atomic E-state index is 12.6. The molecule has 0 saturated carbocycles. The lowest BCUT2D eigenvalue weighted by Crippen LogP contribution is -2.10. The van der Waals surface area contributed by atoms with Gasteiger partial charge in [-0.2, -0.15) is 0 Å². The lowest BCUT2D eigenvalue weighted by atomic mass is 10.2. The molecule has 0 atom stereocenters. The minimum Gasteiger partial charge on any atom is -0.283 e. The standard InChI is InChI=1S/C10H12BrFOS/c1-14(2,3,11)10(13)8-4-6-9(12)7-5-8/h4-7H,1H2,2-3H3. The molecule has 0 unspecified atom stereocenters. The van der Waals surface area contributed by atoms with Crippen LogP contribution in [0, 0.1) is 5.82 Å². The lowest BCUT2D eigenvalue weighted by Gasteiger charge is -2.30. The van der Waals surface area contributed by atoms with E-state index >= 15 is 0 Å². The molecule has 0 saturated heterocycles. The van der Waals surface area contributed by atoms with Gasteiger partial charge in [0.2, 0.25) is 5.12 Å². The third-order valence-corrected chi connectivity index (χ3v) is 3.91. The van der Waals surface area contributed by atoms with Gasteiger partial charge in [-0.25, -0.2) is 4.39 Å². The van der Waals surface area contributed by atoms with Crippen LogP contribution in [0.5, 0.6) is 0 Å². The van der Waals surface area contributed by atoms with Gasteiger partial charge in [-0.05, 0) is 51.6 Å². The van der Waals surface area contributed by atoms with Gasteiger partial charge >= 0.3 is 0 Å². The van der Waals surface area contributed by atoms with Crippen molar-refractivity contribution in [1.82, 2.24) is 0 Å². The van der Waals surface area contributed by atoms with Crippen LogP contribution in [-0.4, -0.2) is 23.5 Å². The molecule has 0 bridgehead atoms. The first kappa shape index (κ1) is 11.6. The van der Waals surface area contributed by atoms with Gasteiger partial charge in [0.1, 0.15) is 5.82 Å². The maximum atomic E-state index is 12.6. The second kappa shape index (κ2) is 3.28. The van der Waals surface area contributed by atoms with Crippen LogP contribution in [0.4, 0.5) is 4.39 Å². The normalized spacial score (nSPS) is 14.4. The zero-order valence-electron chi connectivity index (χ0n) is 8.09. The van der Waals surface area contributed by atoms with Gasteiger partial charge in [0, 0.05) is 5.56 Å². The second-order valence-electron chi connectivity index (χ2n) is 3.83. The molecule has 0 aliphatic rings. The first-order chi connectivity index (χ1) is 6.17. The zero-order chi connectivity index (χ0) is 11.0. The van der Waals surface area contributed by atoms with E-state index in [4.69, 9.17) is 0 Å². The Morgan fingerprint density at radius 1 is 1.36 bits per heavy atom. The molecule has 0 N–H and O–H groups in total.